The molecule has 0 heterocycles. The SMILES string of the molecule is C[C@H](N)c1cc(F)ccc1N(CCC#N)C1CC1. The summed E-state index contributed by atoms with van der Waals surface area (Å²) in [6.07, 6.45) is 2.76. The van der Waals surface area contributed by atoms with Crippen molar-refractivity contribution in [1.29, 1.82) is 5.26 Å². The number of nitrogens with zero attached hydrogens (tertiary/aromatic N) is 2. The summed E-state index contributed by atoms with van der Waals surface area (Å²) in [6, 6.07) is 7.19. The van der Waals surface area contributed by atoms with Crippen molar-refractivity contribution in [3.8, 4) is 6.07 Å². The number of nitrogens with two attached hydrogens (primary N) is 1. The molecule has 4 heteroatoms. The second-order valence-corrected chi connectivity index (χ2v) is 4.82. The Bertz CT molecular complexity index is 461. The maximum Gasteiger partial charge on any atom is 0.123 e. The molecule has 0 aliphatic heterocycles. The Balaban J connectivity index is 2.31. The van der Waals surface area contributed by atoms with E-state index in [2.05, 4.69) is 11.0 Å². The average molecular weight is 247 g/mol. The summed E-state index contributed by atoms with van der Waals surface area (Å²) in [5.74, 6) is -0.262. The van der Waals surface area contributed by atoms with Crippen LogP contribution in [0.5, 0.6) is 0 Å². The molecule has 18 heavy (non-hydrogen) atoms. The molecule has 0 unspecified atom stereocenters. The van der Waals surface area contributed by atoms with Crippen LogP contribution in [0.4, 0.5) is 10.1 Å². The van der Waals surface area contributed by atoms with E-state index in [0.717, 1.165) is 24.1 Å². The van der Waals surface area contributed by atoms with Gasteiger partial charge in [0.25, 0.3) is 0 Å². The van der Waals surface area contributed by atoms with E-state index in [4.69, 9.17) is 11.0 Å². The highest BCUT2D eigenvalue weighted by Crippen LogP contribution is 2.35. The Kier molecular flexibility index (Phi) is 3.83. The Morgan fingerprint density at radius 3 is 2.83 bits per heavy atom. The summed E-state index contributed by atoms with van der Waals surface area (Å²) >= 11 is 0. The summed E-state index contributed by atoms with van der Waals surface area (Å²) in [7, 11) is 0. The van der Waals surface area contributed by atoms with Crippen LogP contribution in [0.2, 0.25) is 0 Å². The summed E-state index contributed by atoms with van der Waals surface area (Å²) in [5.41, 5.74) is 7.71. The van der Waals surface area contributed by atoms with E-state index in [1.807, 2.05) is 6.92 Å². The first kappa shape index (κ1) is 12.8. The van der Waals surface area contributed by atoms with E-state index in [1.54, 1.807) is 6.07 Å². The van der Waals surface area contributed by atoms with Crippen molar-refractivity contribution in [2.45, 2.75) is 38.3 Å². The molecular formula is C14H18FN3. The van der Waals surface area contributed by atoms with Crippen LogP contribution in [0.25, 0.3) is 0 Å². The monoisotopic (exact) mass is 247 g/mol. The Labute approximate surface area is 107 Å². The number of anilines is 1. The van der Waals surface area contributed by atoms with Crippen molar-refractivity contribution in [3.05, 3.63) is 29.6 Å². The molecule has 2 N–H and O–H groups in total. The molecule has 3 nitrogen and oxygen atoms in total. The fourth-order valence-electron chi connectivity index (χ4n) is 2.21. The standard InChI is InChI=1S/C14H18FN3/c1-10(17)13-9-11(15)3-6-14(13)18(8-2-7-16)12-4-5-12/h3,6,9-10,12H,2,4-5,8,17H2,1H3/t10-/m0/s1. The third kappa shape index (κ3) is 2.80. The lowest BCUT2D eigenvalue weighted by atomic mass is 10.1. The zero-order chi connectivity index (χ0) is 13.1. The molecule has 0 radical (unpaired) electrons. The molecule has 96 valence electrons. The number of rotatable bonds is 5. The Morgan fingerprint density at radius 1 is 1.56 bits per heavy atom. The lowest BCUT2D eigenvalue weighted by molar-refractivity contribution is 0.621. The molecule has 0 bridgehead atoms. The first-order chi connectivity index (χ1) is 8.63. The number of hydrogen-bond donors (Lipinski definition) is 1. The van der Waals surface area contributed by atoms with E-state index in [-0.39, 0.29) is 11.9 Å². The normalized spacial score (nSPS) is 16.1. The van der Waals surface area contributed by atoms with E-state index in [1.165, 1.54) is 12.1 Å². The largest absolute Gasteiger partial charge is 0.367 e. The van der Waals surface area contributed by atoms with Crippen molar-refractivity contribution >= 4 is 5.69 Å². The van der Waals surface area contributed by atoms with Gasteiger partial charge in [-0.1, -0.05) is 0 Å². The van der Waals surface area contributed by atoms with Gasteiger partial charge in [-0.15, -0.1) is 0 Å². The third-order valence-corrected chi connectivity index (χ3v) is 3.24. The zero-order valence-electron chi connectivity index (χ0n) is 10.6. The minimum Gasteiger partial charge on any atom is -0.367 e. The highest BCUT2D eigenvalue weighted by atomic mass is 19.1. The van der Waals surface area contributed by atoms with Crippen molar-refractivity contribution in [1.82, 2.24) is 0 Å². The second-order valence-electron chi connectivity index (χ2n) is 4.82. The number of halogens is 1. The fourth-order valence-corrected chi connectivity index (χ4v) is 2.21. The summed E-state index contributed by atoms with van der Waals surface area (Å²) in [6.45, 7) is 2.54. The van der Waals surface area contributed by atoms with Crippen LogP contribution in [-0.2, 0) is 0 Å². The third-order valence-electron chi connectivity index (χ3n) is 3.24. The highest BCUT2D eigenvalue weighted by molar-refractivity contribution is 5.56. The molecule has 1 aliphatic rings. The van der Waals surface area contributed by atoms with Gasteiger partial charge in [-0.2, -0.15) is 5.26 Å². The van der Waals surface area contributed by atoms with Crippen LogP contribution >= 0.6 is 0 Å². The van der Waals surface area contributed by atoms with Crippen LogP contribution in [0.15, 0.2) is 18.2 Å². The van der Waals surface area contributed by atoms with E-state index in [9.17, 15) is 4.39 Å². The molecule has 1 aromatic carbocycles. The minimum atomic E-state index is -0.262. The zero-order valence-corrected chi connectivity index (χ0v) is 10.6. The molecule has 0 saturated heterocycles. The van der Waals surface area contributed by atoms with Crippen LogP contribution in [0.3, 0.4) is 0 Å². The van der Waals surface area contributed by atoms with Gasteiger partial charge in [0.2, 0.25) is 0 Å². The van der Waals surface area contributed by atoms with Gasteiger partial charge >= 0.3 is 0 Å². The molecule has 2 rings (SSSR count). The fraction of sp³-hybridized carbons (Fsp3) is 0.500. The molecule has 1 saturated carbocycles. The molecule has 0 spiro atoms. The second kappa shape index (κ2) is 5.36. The maximum atomic E-state index is 13.3. The van der Waals surface area contributed by atoms with Gasteiger partial charge in [-0.3, -0.25) is 0 Å². The van der Waals surface area contributed by atoms with Gasteiger partial charge in [0.1, 0.15) is 5.82 Å². The predicted molar refractivity (Wildman–Crippen MR) is 69.6 cm³/mol. The van der Waals surface area contributed by atoms with E-state index < -0.39 is 0 Å². The molecule has 0 aromatic heterocycles. The predicted octanol–water partition coefficient (Wildman–Crippen LogP) is 2.73. The van der Waals surface area contributed by atoms with Gasteiger partial charge < -0.3 is 10.6 Å². The summed E-state index contributed by atoms with van der Waals surface area (Å²) < 4.78 is 13.3. The van der Waals surface area contributed by atoms with Gasteiger partial charge in [-0.25, -0.2) is 4.39 Å². The summed E-state index contributed by atoms with van der Waals surface area (Å²) in [5, 5.41) is 8.73. The topological polar surface area (TPSA) is 53.0 Å². The summed E-state index contributed by atoms with van der Waals surface area (Å²) in [4.78, 5) is 2.20. The van der Waals surface area contributed by atoms with Crippen molar-refractivity contribution in [2.75, 3.05) is 11.4 Å². The molecule has 0 amide bonds. The quantitative estimate of drug-likeness (QED) is 0.870. The lowest BCUT2D eigenvalue weighted by Crippen LogP contribution is -2.28. The first-order valence-electron chi connectivity index (χ1n) is 6.32. The van der Waals surface area contributed by atoms with Crippen molar-refractivity contribution < 1.29 is 4.39 Å². The van der Waals surface area contributed by atoms with Crippen LogP contribution in [-0.4, -0.2) is 12.6 Å². The molecular weight excluding hydrogens is 229 g/mol. The maximum absolute atomic E-state index is 13.3. The van der Waals surface area contributed by atoms with Gasteiger partial charge in [0.15, 0.2) is 0 Å². The smallest absolute Gasteiger partial charge is 0.123 e. The highest BCUT2D eigenvalue weighted by Gasteiger charge is 2.30. The number of hydrogen-bond acceptors (Lipinski definition) is 3. The van der Waals surface area contributed by atoms with Crippen molar-refractivity contribution in [3.63, 3.8) is 0 Å². The van der Waals surface area contributed by atoms with E-state index >= 15 is 0 Å². The van der Waals surface area contributed by atoms with Crippen molar-refractivity contribution in [2.24, 2.45) is 5.73 Å². The molecule has 1 aliphatic carbocycles. The lowest BCUT2D eigenvalue weighted by Gasteiger charge is -2.27. The van der Waals surface area contributed by atoms with Crippen LogP contribution in [0.1, 0.15) is 37.8 Å². The van der Waals surface area contributed by atoms with Crippen LogP contribution in [0, 0.1) is 17.1 Å². The average Bonchev–Trinajstić information content (AvgIpc) is 3.15. The van der Waals surface area contributed by atoms with Gasteiger partial charge in [-0.05, 0) is 43.5 Å². The Morgan fingerprint density at radius 2 is 2.28 bits per heavy atom. The van der Waals surface area contributed by atoms with Crippen LogP contribution < -0.4 is 10.6 Å². The molecule has 1 fully saturated rings. The molecule has 1 aromatic rings. The van der Waals surface area contributed by atoms with Gasteiger partial charge in [0.05, 0.1) is 12.5 Å². The molecule has 1 atom stereocenters. The minimum absolute atomic E-state index is 0.209. The van der Waals surface area contributed by atoms with E-state index in [0.29, 0.717) is 19.0 Å². The number of benzene rings is 1. The first-order valence-corrected chi connectivity index (χ1v) is 6.32. The van der Waals surface area contributed by atoms with Gasteiger partial charge in [0, 0.05) is 24.3 Å². The Hall–Kier alpha value is -1.60. The number of nitriles is 1.